The van der Waals surface area contributed by atoms with Gasteiger partial charge in [-0.25, -0.2) is 0 Å². The van der Waals surface area contributed by atoms with E-state index < -0.39 is 12.1 Å². The zero-order valence-electron chi connectivity index (χ0n) is 21.2. The predicted molar refractivity (Wildman–Crippen MR) is 135 cm³/mol. The fourth-order valence-electron chi connectivity index (χ4n) is 5.11. The number of fused-ring (bicyclic) bond motifs is 1. The van der Waals surface area contributed by atoms with Crippen LogP contribution in [0.15, 0.2) is 12.1 Å². The summed E-state index contributed by atoms with van der Waals surface area (Å²) >= 11 is 0. The molecule has 2 atom stereocenters. The Morgan fingerprint density at radius 3 is 2.46 bits per heavy atom. The molecule has 9 nitrogen and oxygen atoms in total. The van der Waals surface area contributed by atoms with Crippen molar-refractivity contribution in [1.82, 2.24) is 10.2 Å². The van der Waals surface area contributed by atoms with Gasteiger partial charge in [0.05, 0.1) is 25.5 Å². The Bertz CT molecular complexity index is 900. The molecule has 1 aromatic rings. The van der Waals surface area contributed by atoms with E-state index in [0.29, 0.717) is 49.4 Å². The van der Waals surface area contributed by atoms with Gasteiger partial charge in [-0.15, -0.1) is 0 Å². The molecule has 4 N–H and O–H groups in total. The highest BCUT2D eigenvalue weighted by Crippen LogP contribution is 2.37. The molecule has 1 fully saturated rings. The van der Waals surface area contributed by atoms with Crippen LogP contribution < -0.4 is 25.8 Å². The van der Waals surface area contributed by atoms with Gasteiger partial charge in [0.2, 0.25) is 11.8 Å². The molecule has 1 saturated carbocycles. The van der Waals surface area contributed by atoms with Crippen LogP contribution in [0.2, 0.25) is 0 Å². The molecular weight excluding hydrogens is 448 g/mol. The van der Waals surface area contributed by atoms with Crippen molar-refractivity contribution in [3.05, 3.63) is 17.7 Å². The Hall–Kier alpha value is -2.81. The second kappa shape index (κ2) is 12.8. The Balaban J connectivity index is 2.02. The first-order valence-electron chi connectivity index (χ1n) is 12.8. The number of unbranched alkanes of at least 4 members (excludes halogenated alkanes) is 1. The Morgan fingerprint density at radius 1 is 1.14 bits per heavy atom. The molecule has 2 aliphatic rings. The highest BCUT2D eigenvalue weighted by Gasteiger charge is 2.42. The van der Waals surface area contributed by atoms with Crippen LogP contribution in [0.1, 0.15) is 81.5 Å². The quantitative estimate of drug-likeness (QED) is 0.411. The predicted octanol–water partition coefficient (Wildman–Crippen LogP) is 3.21. The summed E-state index contributed by atoms with van der Waals surface area (Å²) in [5.74, 6) is -0.0726. The number of nitrogens with two attached hydrogens (primary N) is 1. The lowest BCUT2D eigenvalue weighted by molar-refractivity contribution is -0.130. The molecule has 1 aliphatic carbocycles. The molecule has 1 heterocycles. The molecule has 35 heavy (non-hydrogen) atoms. The van der Waals surface area contributed by atoms with Crippen LogP contribution in [0.5, 0.6) is 11.5 Å². The molecule has 3 rings (SSSR count). The highest BCUT2D eigenvalue weighted by atomic mass is 16.5. The third kappa shape index (κ3) is 6.25. The lowest BCUT2D eigenvalue weighted by Gasteiger charge is -2.36. The average molecular weight is 489 g/mol. The van der Waals surface area contributed by atoms with Crippen molar-refractivity contribution in [2.45, 2.75) is 89.3 Å². The summed E-state index contributed by atoms with van der Waals surface area (Å²) in [7, 11) is 2.99. The lowest BCUT2D eigenvalue weighted by atomic mass is 9.94. The summed E-state index contributed by atoms with van der Waals surface area (Å²) in [6.45, 7) is 2.48. The molecule has 0 saturated heterocycles. The summed E-state index contributed by atoms with van der Waals surface area (Å²) in [5.41, 5.74) is 6.33. The van der Waals surface area contributed by atoms with Crippen LogP contribution in [-0.2, 0) is 9.59 Å². The third-order valence-corrected chi connectivity index (χ3v) is 6.97. The second-order valence-corrected chi connectivity index (χ2v) is 9.40. The van der Waals surface area contributed by atoms with Gasteiger partial charge >= 0.3 is 0 Å². The van der Waals surface area contributed by atoms with Crippen molar-refractivity contribution in [1.29, 1.82) is 0 Å². The minimum Gasteiger partial charge on any atom is -0.493 e. The summed E-state index contributed by atoms with van der Waals surface area (Å²) in [5, 5.41) is 6.08. The van der Waals surface area contributed by atoms with Crippen LogP contribution in [0.3, 0.4) is 0 Å². The maximum Gasteiger partial charge on any atom is 0.257 e. The zero-order chi connectivity index (χ0) is 25.4. The molecule has 2 unspecified atom stereocenters. The number of nitrogens with one attached hydrogen (secondary N) is 2. The van der Waals surface area contributed by atoms with Gasteiger partial charge in [-0.2, -0.15) is 0 Å². The van der Waals surface area contributed by atoms with Crippen molar-refractivity contribution in [3.8, 4) is 11.5 Å². The summed E-state index contributed by atoms with van der Waals surface area (Å²) < 4.78 is 10.8. The zero-order valence-corrected chi connectivity index (χ0v) is 21.2. The Morgan fingerprint density at radius 2 is 1.83 bits per heavy atom. The smallest absolute Gasteiger partial charge is 0.257 e. The van der Waals surface area contributed by atoms with Gasteiger partial charge in [-0.05, 0) is 51.1 Å². The number of ether oxygens (including phenoxy) is 2. The number of methoxy groups -OCH3 is 2. The Kier molecular flexibility index (Phi) is 9.77. The van der Waals surface area contributed by atoms with Crippen LogP contribution in [-0.4, -0.2) is 61.5 Å². The molecule has 1 aliphatic heterocycles. The maximum absolute atomic E-state index is 14.0. The lowest BCUT2D eigenvalue weighted by Crippen LogP contribution is -2.57. The second-order valence-electron chi connectivity index (χ2n) is 9.40. The van der Waals surface area contributed by atoms with Gasteiger partial charge in [-0.3, -0.25) is 14.4 Å². The highest BCUT2D eigenvalue weighted by molar-refractivity contribution is 6.11. The number of hydrogen-bond acceptors (Lipinski definition) is 6. The fraction of sp³-hybridized carbons (Fsp3) is 0.654. The van der Waals surface area contributed by atoms with Gasteiger partial charge in [0.15, 0.2) is 11.5 Å². The van der Waals surface area contributed by atoms with Gasteiger partial charge in [0.1, 0.15) is 12.1 Å². The van der Waals surface area contributed by atoms with Crippen molar-refractivity contribution >= 4 is 23.4 Å². The van der Waals surface area contributed by atoms with E-state index in [1.165, 1.54) is 25.5 Å². The summed E-state index contributed by atoms with van der Waals surface area (Å²) in [4.78, 5) is 42.6. The number of amides is 3. The van der Waals surface area contributed by atoms with Crippen molar-refractivity contribution in [2.24, 2.45) is 5.73 Å². The number of anilines is 1. The molecule has 0 aromatic heterocycles. The topological polar surface area (TPSA) is 123 Å². The number of benzene rings is 1. The van der Waals surface area contributed by atoms with Gasteiger partial charge in [0.25, 0.3) is 5.91 Å². The third-order valence-electron chi connectivity index (χ3n) is 6.97. The first kappa shape index (κ1) is 26.8. The van der Waals surface area contributed by atoms with E-state index in [1.54, 1.807) is 12.1 Å². The summed E-state index contributed by atoms with van der Waals surface area (Å²) in [6, 6.07) is 1.75. The standard InChI is InChI=1S/C26H40N4O5/c1-4-10-20(24(31)28-17-11-6-5-7-12-17)30-21(13-8-9-14-27)25(32)29-19-16-23(35-3)22(34-2)15-18(19)26(30)33/h15-17,20-21H,4-14,27H2,1-3H3,(H,28,31)(H,29,32). The first-order chi connectivity index (χ1) is 16.9. The number of hydrogen-bond donors (Lipinski definition) is 3. The van der Waals surface area contributed by atoms with E-state index in [1.807, 2.05) is 6.92 Å². The molecule has 3 amide bonds. The molecule has 194 valence electrons. The molecule has 9 heteroatoms. The van der Waals surface area contributed by atoms with Crippen molar-refractivity contribution in [3.63, 3.8) is 0 Å². The monoisotopic (exact) mass is 488 g/mol. The minimum atomic E-state index is -0.785. The largest absolute Gasteiger partial charge is 0.493 e. The maximum atomic E-state index is 14.0. The van der Waals surface area contributed by atoms with Crippen LogP contribution >= 0.6 is 0 Å². The normalized spacial score (nSPS) is 19.4. The van der Waals surface area contributed by atoms with Gasteiger partial charge in [-0.1, -0.05) is 32.6 Å². The van der Waals surface area contributed by atoms with E-state index >= 15 is 0 Å². The van der Waals surface area contributed by atoms with E-state index in [-0.39, 0.29) is 29.3 Å². The minimum absolute atomic E-state index is 0.110. The van der Waals surface area contributed by atoms with E-state index in [9.17, 15) is 14.4 Å². The number of rotatable bonds is 11. The van der Waals surface area contributed by atoms with Gasteiger partial charge in [0, 0.05) is 12.1 Å². The average Bonchev–Trinajstić information content (AvgIpc) is 2.96. The molecule has 0 radical (unpaired) electrons. The van der Waals surface area contributed by atoms with Crippen molar-refractivity contribution < 1.29 is 23.9 Å². The van der Waals surface area contributed by atoms with E-state index in [2.05, 4.69) is 10.6 Å². The molecule has 0 bridgehead atoms. The van der Waals surface area contributed by atoms with E-state index in [0.717, 1.165) is 32.1 Å². The van der Waals surface area contributed by atoms with Crippen LogP contribution in [0, 0.1) is 0 Å². The summed E-state index contributed by atoms with van der Waals surface area (Å²) in [6.07, 6.45) is 8.23. The van der Waals surface area contributed by atoms with E-state index in [4.69, 9.17) is 15.2 Å². The van der Waals surface area contributed by atoms with Crippen LogP contribution in [0.25, 0.3) is 0 Å². The molecular formula is C26H40N4O5. The number of carbonyl (C=O) groups is 3. The molecule has 0 spiro atoms. The first-order valence-corrected chi connectivity index (χ1v) is 12.8. The van der Waals surface area contributed by atoms with Crippen molar-refractivity contribution in [2.75, 3.05) is 26.1 Å². The molecule has 1 aromatic carbocycles. The SMILES string of the molecule is CCCC(C(=O)NC1CCCCC1)N1C(=O)c2cc(OC)c(OC)cc2NC(=O)C1CCCCN. The Labute approximate surface area is 208 Å². The number of nitrogens with zero attached hydrogens (tertiary/aromatic N) is 1. The number of carbonyl (C=O) groups excluding carboxylic acids is 3. The van der Waals surface area contributed by atoms with Crippen LogP contribution in [0.4, 0.5) is 5.69 Å². The fourth-order valence-corrected chi connectivity index (χ4v) is 5.11. The van der Waals surface area contributed by atoms with Gasteiger partial charge < -0.3 is 30.7 Å².